The van der Waals surface area contributed by atoms with Crippen molar-refractivity contribution in [3.05, 3.63) is 34.9 Å². The van der Waals surface area contributed by atoms with E-state index in [0.29, 0.717) is 11.4 Å². The van der Waals surface area contributed by atoms with Crippen LogP contribution in [0, 0.1) is 0 Å². The molecule has 0 fully saturated rings. The summed E-state index contributed by atoms with van der Waals surface area (Å²) in [5, 5.41) is 1.50. The Labute approximate surface area is 116 Å². The molecule has 0 aliphatic heterocycles. The van der Waals surface area contributed by atoms with Crippen molar-refractivity contribution in [1.29, 1.82) is 0 Å². The van der Waals surface area contributed by atoms with Crippen molar-refractivity contribution < 1.29 is 4.79 Å². The highest BCUT2D eigenvalue weighted by molar-refractivity contribution is 9.09. The first kappa shape index (κ1) is 14.5. The van der Waals surface area contributed by atoms with E-state index < -0.39 is 0 Å². The van der Waals surface area contributed by atoms with Gasteiger partial charge in [0.05, 0.1) is 6.42 Å². The maximum Gasteiger partial charge on any atom is 0.227 e. The van der Waals surface area contributed by atoms with E-state index in [4.69, 9.17) is 11.6 Å². The largest absolute Gasteiger partial charge is 0.339 e. The lowest BCUT2D eigenvalue weighted by atomic mass is 10.1. The molecular weight excluding hydrogens is 302 g/mol. The van der Waals surface area contributed by atoms with E-state index in [-0.39, 0.29) is 11.9 Å². The van der Waals surface area contributed by atoms with Gasteiger partial charge in [-0.2, -0.15) is 0 Å². The fourth-order valence-corrected chi connectivity index (χ4v) is 2.15. The van der Waals surface area contributed by atoms with Crippen LogP contribution in [-0.2, 0) is 11.2 Å². The third-order valence-electron chi connectivity index (χ3n) is 2.54. The zero-order valence-corrected chi connectivity index (χ0v) is 12.5. The summed E-state index contributed by atoms with van der Waals surface area (Å²) in [7, 11) is 0. The number of benzene rings is 1. The zero-order valence-electron chi connectivity index (χ0n) is 10.1. The lowest BCUT2D eigenvalue weighted by molar-refractivity contribution is -0.131. The third kappa shape index (κ3) is 4.68. The quantitative estimate of drug-likeness (QED) is 0.761. The molecule has 0 aliphatic carbocycles. The molecule has 2 nitrogen and oxygen atoms in total. The van der Waals surface area contributed by atoms with Gasteiger partial charge < -0.3 is 4.90 Å². The fourth-order valence-electron chi connectivity index (χ4n) is 1.64. The molecule has 17 heavy (non-hydrogen) atoms. The van der Waals surface area contributed by atoms with E-state index in [1.54, 1.807) is 0 Å². The van der Waals surface area contributed by atoms with Crippen molar-refractivity contribution in [2.45, 2.75) is 26.3 Å². The van der Waals surface area contributed by atoms with Crippen LogP contribution in [0.15, 0.2) is 24.3 Å². The standard InChI is InChI=1S/C13H17BrClNO/c1-10(2)16(8-7-14)13(17)9-11-3-5-12(15)6-4-11/h3-6,10H,7-9H2,1-2H3. The Morgan fingerprint density at radius 1 is 1.35 bits per heavy atom. The molecule has 0 atom stereocenters. The van der Waals surface area contributed by atoms with Gasteiger partial charge >= 0.3 is 0 Å². The summed E-state index contributed by atoms with van der Waals surface area (Å²) in [6.07, 6.45) is 0.433. The number of hydrogen-bond donors (Lipinski definition) is 0. The highest BCUT2D eigenvalue weighted by Crippen LogP contribution is 2.11. The number of amides is 1. The number of hydrogen-bond acceptors (Lipinski definition) is 1. The van der Waals surface area contributed by atoms with E-state index in [1.165, 1.54) is 0 Å². The van der Waals surface area contributed by atoms with Gasteiger partial charge in [0.15, 0.2) is 0 Å². The topological polar surface area (TPSA) is 20.3 Å². The molecule has 0 aromatic heterocycles. The first-order chi connectivity index (χ1) is 8.04. The highest BCUT2D eigenvalue weighted by Gasteiger charge is 2.16. The van der Waals surface area contributed by atoms with Gasteiger partial charge in [0.2, 0.25) is 5.91 Å². The molecule has 1 aromatic carbocycles. The molecule has 0 N–H and O–H groups in total. The first-order valence-corrected chi connectivity index (χ1v) is 7.14. The second-order valence-corrected chi connectivity index (χ2v) is 5.40. The van der Waals surface area contributed by atoms with E-state index in [1.807, 2.05) is 43.0 Å². The van der Waals surface area contributed by atoms with Gasteiger partial charge in [0.25, 0.3) is 0 Å². The Hall–Kier alpha value is -0.540. The average Bonchev–Trinajstić information content (AvgIpc) is 2.28. The Kier molecular flexibility index (Phi) is 6.00. The molecule has 0 spiro atoms. The van der Waals surface area contributed by atoms with Crippen LogP contribution < -0.4 is 0 Å². The molecule has 1 rings (SSSR count). The second-order valence-electron chi connectivity index (χ2n) is 4.17. The number of carbonyl (C=O) groups excluding carboxylic acids is 1. The number of rotatable bonds is 5. The van der Waals surface area contributed by atoms with Crippen LogP contribution in [0.2, 0.25) is 5.02 Å². The van der Waals surface area contributed by atoms with Crippen LogP contribution in [-0.4, -0.2) is 28.7 Å². The van der Waals surface area contributed by atoms with E-state index >= 15 is 0 Å². The molecule has 0 saturated carbocycles. The molecule has 4 heteroatoms. The van der Waals surface area contributed by atoms with Crippen molar-refractivity contribution in [2.75, 3.05) is 11.9 Å². The predicted octanol–water partition coefficient (Wildman–Crippen LogP) is 3.51. The van der Waals surface area contributed by atoms with Crippen molar-refractivity contribution in [2.24, 2.45) is 0 Å². The predicted molar refractivity (Wildman–Crippen MR) is 75.8 cm³/mol. The monoisotopic (exact) mass is 317 g/mol. The molecule has 1 aromatic rings. The van der Waals surface area contributed by atoms with Gasteiger partial charge in [0, 0.05) is 22.9 Å². The fraction of sp³-hybridized carbons (Fsp3) is 0.462. The third-order valence-corrected chi connectivity index (χ3v) is 3.14. The zero-order chi connectivity index (χ0) is 12.8. The van der Waals surface area contributed by atoms with Crippen molar-refractivity contribution in [3.8, 4) is 0 Å². The molecule has 94 valence electrons. The minimum atomic E-state index is 0.154. The Balaban J connectivity index is 2.66. The summed E-state index contributed by atoms with van der Waals surface area (Å²) in [5.74, 6) is 0.154. The minimum absolute atomic E-state index is 0.154. The number of nitrogens with zero attached hydrogens (tertiary/aromatic N) is 1. The normalized spacial score (nSPS) is 10.6. The van der Waals surface area contributed by atoms with Crippen LogP contribution in [0.25, 0.3) is 0 Å². The van der Waals surface area contributed by atoms with E-state index in [0.717, 1.165) is 17.4 Å². The molecule has 0 radical (unpaired) electrons. The van der Waals surface area contributed by atoms with Crippen LogP contribution >= 0.6 is 27.5 Å². The van der Waals surface area contributed by atoms with Gasteiger partial charge in [0.1, 0.15) is 0 Å². The molecule has 0 saturated heterocycles. The lowest BCUT2D eigenvalue weighted by Gasteiger charge is -2.26. The van der Waals surface area contributed by atoms with Gasteiger partial charge in [-0.25, -0.2) is 0 Å². The maximum absolute atomic E-state index is 12.1. The van der Waals surface area contributed by atoms with Gasteiger partial charge in [-0.1, -0.05) is 39.7 Å². The molecule has 0 unspecified atom stereocenters. The minimum Gasteiger partial charge on any atom is -0.339 e. The van der Waals surface area contributed by atoms with Crippen LogP contribution in [0.1, 0.15) is 19.4 Å². The van der Waals surface area contributed by atoms with Crippen molar-refractivity contribution in [1.82, 2.24) is 4.90 Å². The lowest BCUT2D eigenvalue weighted by Crippen LogP contribution is -2.39. The maximum atomic E-state index is 12.1. The van der Waals surface area contributed by atoms with Crippen LogP contribution in [0.3, 0.4) is 0 Å². The second kappa shape index (κ2) is 7.02. The summed E-state index contributed by atoms with van der Waals surface area (Å²) in [4.78, 5) is 14.0. The molecule has 0 heterocycles. The van der Waals surface area contributed by atoms with Crippen molar-refractivity contribution >= 4 is 33.4 Å². The smallest absolute Gasteiger partial charge is 0.227 e. The summed E-state index contributed by atoms with van der Waals surface area (Å²) >= 11 is 9.18. The summed E-state index contributed by atoms with van der Waals surface area (Å²) in [6.45, 7) is 4.80. The summed E-state index contributed by atoms with van der Waals surface area (Å²) in [6, 6.07) is 7.65. The molecule has 1 amide bonds. The molecule has 0 bridgehead atoms. The van der Waals surface area contributed by atoms with Gasteiger partial charge in [-0.15, -0.1) is 0 Å². The number of alkyl halides is 1. The Morgan fingerprint density at radius 2 is 1.94 bits per heavy atom. The van der Waals surface area contributed by atoms with Crippen LogP contribution in [0.4, 0.5) is 0 Å². The molecular formula is C13H17BrClNO. The summed E-state index contributed by atoms with van der Waals surface area (Å²) < 4.78 is 0. The number of carbonyl (C=O) groups is 1. The Morgan fingerprint density at radius 3 is 2.41 bits per heavy atom. The van der Waals surface area contributed by atoms with Crippen molar-refractivity contribution in [3.63, 3.8) is 0 Å². The summed E-state index contributed by atoms with van der Waals surface area (Å²) in [5.41, 5.74) is 1.000. The highest BCUT2D eigenvalue weighted by atomic mass is 79.9. The average molecular weight is 319 g/mol. The molecule has 0 aliphatic rings. The van der Waals surface area contributed by atoms with Gasteiger partial charge in [-0.05, 0) is 31.5 Å². The Bertz CT molecular complexity index is 364. The van der Waals surface area contributed by atoms with E-state index in [9.17, 15) is 4.79 Å². The van der Waals surface area contributed by atoms with E-state index in [2.05, 4.69) is 15.9 Å². The number of halogens is 2. The van der Waals surface area contributed by atoms with Crippen LogP contribution in [0.5, 0.6) is 0 Å². The van der Waals surface area contributed by atoms with Gasteiger partial charge in [-0.3, -0.25) is 4.79 Å². The SMILES string of the molecule is CC(C)N(CCBr)C(=O)Cc1ccc(Cl)cc1. The first-order valence-electron chi connectivity index (χ1n) is 5.64.